The van der Waals surface area contributed by atoms with E-state index in [0.29, 0.717) is 32.0 Å². The summed E-state index contributed by atoms with van der Waals surface area (Å²) in [5.41, 5.74) is 3.71. The van der Waals surface area contributed by atoms with Crippen LogP contribution in [0.15, 0.2) is 66.9 Å². The molecular formula is C31H33N3O6. The molecule has 2 aromatic carbocycles. The maximum absolute atomic E-state index is 12.5. The van der Waals surface area contributed by atoms with Crippen molar-refractivity contribution in [2.24, 2.45) is 0 Å². The summed E-state index contributed by atoms with van der Waals surface area (Å²) in [6, 6.07) is 19.3. The van der Waals surface area contributed by atoms with Crippen molar-refractivity contribution in [3.63, 3.8) is 0 Å². The van der Waals surface area contributed by atoms with Crippen LogP contribution in [-0.2, 0) is 22.4 Å². The van der Waals surface area contributed by atoms with E-state index in [2.05, 4.69) is 9.55 Å². The number of hydrogen-bond donors (Lipinski definition) is 1. The highest BCUT2D eigenvalue weighted by atomic mass is 16.5. The van der Waals surface area contributed by atoms with Gasteiger partial charge in [-0.15, -0.1) is 0 Å². The first-order chi connectivity index (χ1) is 19.5. The van der Waals surface area contributed by atoms with Crippen LogP contribution in [0.2, 0.25) is 0 Å². The van der Waals surface area contributed by atoms with Crippen molar-refractivity contribution in [2.75, 3.05) is 31.8 Å². The molecule has 0 aliphatic carbocycles. The molecule has 0 fully saturated rings. The Morgan fingerprint density at radius 2 is 1.85 bits per heavy atom. The van der Waals surface area contributed by atoms with E-state index >= 15 is 0 Å². The summed E-state index contributed by atoms with van der Waals surface area (Å²) in [7, 11) is 1.63. The van der Waals surface area contributed by atoms with Crippen LogP contribution in [0.3, 0.4) is 0 Å². The normalized spacial score (nSPS) is 13.5. The third kappa shape index (κ3) is 5.88. The molecule has 2 aromatic heterocycles. The summed E-state index contributed by atoms with van der Waals surface area (Å²) in [5.74, 6) is 1.75. The number of carboxylic acid groups (broad SMARTS) is 1. The third-order valence-electron chi connectivity index (χ3n) is 7.15. The summed E-state index contributed by atoms with van der Waals surface area (Å²) in [5, 5.41) is 10.5. The van der Waals surface area contributed by atoms with Crippen molar-refractivity contribution >= 4 is 28.8 Å². The summed E-state index contributed by atoms with van der Waals surface area (Å²) >= 11 is 0. The number of carbonyl (C=O) groups is 2. The molecule has 0 saturated heterocycles. The monoisotopic (exact) mass is 543 g/mol. The first kappa shape index (κ1) is 27.1. The second kappa shape index (κ2) is 12.1. The molecule has 1 aliphatic heterocycles. The number of fused-ring (bicyclic) bond motifs is 2. The standard InChI is InChI=1S/C31H33N3O6/c1-3-39-29(35)20-28(21-7-10-25(38-2)11-8-21)33-17-14-23-19-26(12-13-27(23)33)40-18-15-24-9-6-22-5-4-16-34(31(36)37)30(22)32-24/h6-14,17,19,28H,3-5,15-16,18,20H2,1-2H3,(H,36,37). The zero-order valence-electron chi connectivity index (χ0n) is 22.7. The van der Waals surface area contributed by atoms with Crippen LogP contribution < -0.4 is 14.4 Å². The molecular weight excluding hydrogens is 510 g/mol. The number of aromatic nitrogens is 2. The van der Waals surface area contributed by atoms with Gasteiger partial charge in [0.2, 0.25) is 0 Å². The maximum Gasteiger partial charge on any atom is 0.413 e. The van der Waals surface area contributed by atoms with Gasteiger partial charge in [-0.05, 0) is 73.4 Å². The fourth-order valence-electron chi connectivity index (χ4n) is 5.16. The molecule has 1 unspecified atom stereocenters. The zero-order chi connectivity index (χ0) is 28.1. The average Bonchev–Trinajstić information content (AvgIpc) is 3.39. The number of hydrogen-bond acceptors (Lipinski definition) is 6. The Balaban J connectivity index is 1.31. The molecule has 40 heavy (non-hydrogen) atoms. The number of benzene rings is 2. The number of ether oxygens (including phenoxy) is 3. The number of methoxy groups -OCH3 is 1. The van der Waals surface area contributed by atoms with Crippen LogP contribution in [0.1, 0.15) is 42.6 Å². The Bertz CT molecular complexity index is 1500. The predicted molar refractivity (Wildman–Crippen MR) is 151 cm³/mol. The molecule has 9 heteroatoms. The lowest BCUT2D eigenvalue weighted by Gasteiger charge is -2.26. The Hall–Kier alpha value is -4.53. The van der Waals surface area contributed by atoms with E-state index in [0.717, 1.165) is 52.1 Å². The van der Waals surface area contributed by atoms with E-state index in [1.807, 2.05) is 66.9 Å². The molecule has 0 spiro atoms. The van der Waals surface area contributed by atoms with Crippen molar-refractivity contribution in [1.29, 1.82) is 0 Å². The van der Waals surface area contributed by atoms with Gasteiger partial charge in [0.15, 0.2) is 0 Å². The largest absolute Gasteiger partial charge is 0.497 e. The second-order valence-electron chi connectivity index (χ2n) is 9.66. The first-order valence-corrected chi connectivity index (χ1v) is 13.5. The Labute approximate surface area is 232 Å². The minimum absolute atomic E-state index is 0.204. The number of pyridine rings is 1. The predicted octanol–water partition coefficient (Wildman–Crippen LogP) is 5.64. The summed E-state index contributed by atoms with van der Waals surface area (Å²) in [6.45, 7) is 3.01. The van der Waals surface area contributed by atoms with Crippen LogP contribution in [0, 0.1) is 0 Å². The summed E-state index contributed by atoms with van der Waals surface area (Å²) in [6.07, 6.45) is 3.40. The van der Waals surface area contributed by atoms with Gasteiger partial charge in [0, 0.05) is 35.8 Å². The molecule has 4 aromatic rings. The zero-order valence-corrected chi connectivity index (χ0v) is 22.7. The molecule has 0 bridgehead atoms. The molecule has 1 amide bonds. The Morgan fingerprint density at radius 1 is 1.05 bits per heavy atom. The third-order valence-corrected chi connectivity index (χ3v) is 7.15. The first-order valence-electron chi connectivity index (χ1n) is 13.5. The van der Waals surface area contributed by atoms with Crippen molar-refractivity contribution in [1.82, 2.24) is 9.55 Å². The van der Waals surface area contributed by atoms with E-state index in [9.17, 15) is 14.7 Å². The Morgan fingerprint density at radius 3 is 2.60 bits per heavy atom. The van der Waals surface area contributed by atoms with Gasteiger partial charge in [0.1, 0.15) is 17.3 Å². The fourth-order valence-corrected chi connectivity index (χ4v) is 5.16. The number of rotatable bonds is 10. The topological polar surface area (TPSA) is 103 Å². The van der Waals surface area contributed by atoms with Crippen molar-refractivity contribution in [3.05, 3.63) is 83.7 Å². The van der Waals surface area contributed by atoms with Crippen LogP contribution in [0.5, 0.6) is 11.5 Å². The van der Waals surface area contributed by atoms with Crippen LogP contribution in [0.25, 0.3) is 10.9 Å². The minimum atomic E-state index is -0.974. The van der Waals surface area contributed by atoms with Gasteiger partial charge in [0.25, 0.3) is 0 Å². The van der Waals surface area contributed by atoms with Crippen molar-refractivity contribution in [2.45, 2.75) is 38.6 Å². The van der Waals surface area contributed by atoms with Gasteiger partial charge < -0.3 is 23.9 Å². The highest BCUT2D eigenvalue weighted by Gasteiger charge is 2.24. The minimum Gasteiger partial charge on any atom is -0.497 e. The lowest BCUT2D eigenvalue weighted by atomic mass is 10.0. The van der Waals surface area contributed by atoms with Gasteiger partial charge in [0.05, 0.1) is 32.8 Å². The van der Waals surface area contributed by atoms with Gasteiger partial charge in [-0.1, -0.05) is 18.2 Å². The number of esters is 1. The smallest absolute Gasteiger partial charge is 0.413 e. The fraction of sp³-hybridized carbons (Fsp3) is 0.323. The van der Waals surface area contributed by atoms with E-state index in [1.54, 1.807) is 14.0 Å². The van der Waals surface area contributed by atoms with E-state index in [-0.39, 0.29) is 18.4 Å². The SMILES string of the molecule is CCOC(=O)CC(c1ccc(OC)cc1)n1ccc2cc(OCCc3ccc4c(n3)N(C(=O)O)CCC4)ccc21. The van der Waals surface area contributed by atoms with E-state index < -0.39 is 6.09 Å². The molecule has 3 heterocycles. The summed E-state index contributed by atoms with van der Waals surface area (Å²) < 4.78 is 18.7. The molecule has 208 valence electrons. The number of amides is 1. The molecule has 0 radical (unpaired) electrons. The number of aryl methyl sites for hydroxylation is 1. The molecule has 1 N–H and O–H groups in total. The molecule has 5 rings (SSSR count). The van der Waals surface area contributed by atoms with Crippen molar-refractivity contribution in [3.8, 4) is 11.5 Å². The molecule has 9 nitrogen and oxygen atoms in total. The van der Waals surface area contributed by atoms with E-state index in [1.165, 1.54) is 4.90 Å². The van der Waals surface area contributed by atoms with Gasteiger partial charge in [-0.2, -0.15) is 0 Å². The molecule has 1 atom stereocenters. The van der Waals surface area contributed by atoms with E-state index in [4.69, 9.17) is 14.2 Å². The maximum atomic E-state index is 12.5. The lowest BCUT2D eigenvalue weighted by molar-refractivity contribution is -0.143. The molecule has 1 aliphatic rings. The van der Waals surface area contributed by atoms with Gasteiger partial charge in [-0.3, -0.25) is 9.69 Å². The highest BCUT2D eigenvalue weighted by Crippen LogP contribution is 2.31. The van der Waals surface area contributed by atoms with Crippen LogP contribution >= 0.6 is 0 Å². The number of nitrogens with zero attached hydrogens (tertiary/aromatic N) is 3. The van der Waals surface area contributed by atoms with Crippen molar-refractivity contribution < 1.29 is 28.9 Å². The number of anilines is 1. The van der Waals surface area contributed by atoms with Crippen LogP contribution in [0.4, 0.5) is 10.6 Å². The highest BCUT2D eigenvalue weighted by molar-refractivity contribution is 5.86. The second-order valence-corrected chi connectivity index (χ2v) is 9.66. The van der Waals surface area contributed by atoms with Gasteiger partial charge in [-0.25, -0.2) is 9.78 Å². The summed E-state index contributed by atoms with van der Waals surface area (Å²) in [4.78, 5) is 30.0. The van der Waals surface area contributed by atoms with Crippen LogP contribution in [-0.4, -0.2) is 53.6 Å². The lowest BCUT2D eigenvalue weighted by Crippen LogP contribution is -2.35. The molecule has 0 saturated carbocycles. The Kier molecular flexibility index (Phi) is 8.19. The number of carbonyl (C=O) groups excluding carboxylic acids is 1. The average molecular weight is 544 g/mol. The van der Waals surface area contributed by atoms with Gasteiger partial charge >= 0.3 is 12.1 Å². The quantitative estimate of drug-likeness (QED) is 0.258.